The van der Waals surface area contributed by atoms with E-state index in [1.54, 1.807) is 0 Å². The Bertz CT molecular complexity index is 3130. The van der Waals surface area contributed by atoms with Gasteiger partial charge in [-0.1, -0.05) is 166 Å². The molecule has 10 aromatic carbocycles. The van der Waals surface area contributed by atoms with Crippen LogP contribution >= 0.6 is 0 Å². The van der Waals surface area contributed by atoms with Crippen molar-refractivity contribution in [3.63, 3.8) is 0 Å². The molecule has 10 aromatic rings. The molecule has 0 saturated heterocycles. The van der Waals surface area contributed by atoms with Crippen LogP contribution in [0.25, 0.3) is 98.4 Å². The first-order chi connectivity index (χ1) is 26.0. The fourth-order valence-corrected chi connectivity index (χ4v) is 9.25. The standard InChI is InChI=1S/C53H36/c1-53(2)51-30-38(23-26-47(51)48-27-24-40(31-52(48)53)43-17-9-12-33-10-3-5-13-41(33)43)36-18-19-37-29-39(21-20-35(37)28-36)49-32-50-42-14-6-4-11-34(42)22-25-46(50)44-15-7-8-16-45(44)49/h3-32H,1-2H3. The van der Waals surface area contributed by atoms with Crippen LogP contribution in [0.1, 0.15) is 25.0 Å². The summed E-state index contributed by atoms with van der Waals surface area (Å²) in [5.74, 6) is 0. The largest absolute Gasteiger partial charge is 0.0616 e. The molecule has 0 heterocycles. The van der Waals surface area contributed by atoms with Gasteiger partial charge in [-0.05, 0) is 140 Å². The van der Waals surface area contributed by atoms with Crippen molar-refractivity contribution < 1.29 is 0 Å². The molecule has 0 unspecified atom stereocenters. The lowest BCUT2D eigenvalue weighted by atomic mass is 9.80. The fourth-order valence-electron chi connectivity index (χ4n) is 9.25. The normalized spacial score (nSPS) is 13.2. The van der Waals surface area contributed by atoms with E-state index in [0.717, 1.165) is 0 Å². The zero-order valence-electron chi connectivity index (χ0n) is 29.8. The number of fused-ring (bicyclic) bond motifs is 10. The molecule has 1 aliphatic carbocycles. The minimum atomic E-state index is -0.110. The van der Waals surface area contributed by atoms with Crippen LogP contribution in [0, 0.1) is 0 Å². The molecule has 0 amide bonds. The molecule has 0 aromatic heterocycles. The van der Waals surface area contributed by atoms with E-state index in [1.807, 2.05) is 0 Å². The van der Waals surface area contributed by atoms with E-state index in [2.05, 4.69) is 196 Å². The van der Waals surface area contributed by atoms with Gasteiger partial charge in [0.15, 0.2) is 0 Å². The van der Waals surface area contributed by atoms with Crippen LogP contribution < -0.4 is 0 Å². The Morgan fingerprint density at radius 3 is 1.53 bits per heavy atom. The van der Waals surface area contributed by atoms with Gasteiger partial charge in [-0.2, -0.15) is 0 Å². The molecule has 11 rings (SSSR count). The fraction of sp³-hybridized carbons (Fsp3) is 0.0566. The van der Waals surface area contributed by atoms with Crippen LogP contribution in [0.3, 0.4) is 0 Å². The Labute approximate surface area is 309 Å². The maximum absolute atomic E-state index is 2.44. The van der Waals surface area contributed by atoms with Crippen molar-refractivity contribution in [2.75, 3.05) is 0 Å². The van der Waals surface area contributed by atoms with Gasteiger partial charge in [0.2, 0.25) is 0 Å². The zero-order valence-corrected chi connectivity index (χ0v) is 29.8. The topological polar surface area (TPSA) is 0 Å². The number of hydrogen-bond donors (Lipinski definition) is 0. The van der Waals surface area contributed by atoms with Gasteiger partial charge < -0.3 is 0 Å². The summed E-state index contributed by atoms with van der Waals surface area (Å²) in [6.07, 6.45) is 0. The Morgan fingerprint density at radius 2 is 0.755 bits per heavy atom. The van der Waals surface area contributed by atoms with E-state index in [1.165, 1.54) is 109 Å². The molecule has 0 nitrogen and oxygen atoms in total. The molecule has 0 fully saturated rings. The van der Waals surface area contributed by atoms with Crippen molar-refractivity contribution in [2.24, 2.45) is 0 Å². The minimum Gasteiger partial charge on any atom is -0.0616 e. The summed E-state index contributed by atoms with van der Waals surface area (Å²) in [7, 11) is 0. The predicted molar refractivity (Wildman–Crippen MR) is 228 cm³/mol. The van der Waals surface area contributed by atoms with E-state index in [4.69, 9.17) is 0 Å². The van der Waals surface area contributed by atoms with Crippen molar-refractivity contribution in [3.05, 3.63) is 193 Å². The molecule has 248 valence electrons. The van der Waals surface area contributed by atoms with E-state index in [-0.39, 0.29) is 5.41 Å². The molecule has 0 spiro atoms. The van der Waals surface area contributed by atoms with Crippen LogP contribution in [0.15, 0.2) is 182 Å². The summed E-state index contributed by atoms with van der Waals surface area (Å²) < 4.78 is 0. The van der Waals surface area contributed by atoms with Crippen molar-refractivity contribution >= 4 is 53.9 Å². The van der Waals surface area contributed by atoms with Crippen molar-refractivity contribution in [2.45, 2.75) is 19.3 Å². The van der Waals surface area contributed by atoms with Gasteiger partial charge in [-0.3, -0.25) is 0 Å². The molecule has 0 saturated carbocycles. The maximum atomic E-state index is 2.44. The average Bonchev–Trinajstić information content (AvgIpc) is 3.44. The monoisotopic (exact) mass is 672 g/mol. The molecule has 0 radical (unpaired) electrons. The van der Waals surface area contributed by atoms with E-state index >= 15 is 0 Å². The molecule has 0 heteroatoms. The lowest BCUT2D eigenvalue weighted by Gasteiger charge is -2.23. The highest BCUT2D eigenvalue weighted by atomic mass is 14.4. The minimum absolute atomic E-state index is 0.110. The van der Waals surface area contributed by atoms with Crippen molar-refractivity contribution in [1.82, 2.24) is 0 Å². The summed E-state index contributed by atoms with van der Waals surface area (Å²) in [4.78, 5) is 0. The van der Waals surface area contributed by atoms with Gasteiger partial charge in [-0.15, -0.1) is 0 Å². The van der Waals surface area contributed by atoms with Gasteiger partial charge in [0.25, 0.3) is 0 Å². The molecular formula is C53H36. The maximum Gasteiger partial charge on any atom is 0.0159 e. The van der Waals surface area contributed by atoms with Crippen LogP contribution in [0.2, 0.25) is 0 Å². The Balaban J connectivity index is 0.976. The van der Waals surface area contributed by atoms with Gasteiger partial charge >= 0.3 is 0 Å². The first-order valence-electron chi connectivity index (χ1n) is 18.7. The summed E-state index contributed by atoms with van der Waals surface area (Å²) in [6, 6.07) is 68.0. The number of rotatable bonds is 3. The summed E-state index contributed by atoms with van der Waals surface area (Å²) in [6.45, 7) is 4.77. The highest BCUT2D eigenvalue weighted by molar-refractivity contribution is 6.21. The lowest BCUT2D eigenvalue weighted by molar-refractivity contribution is 0.661. The van der Waals surface area contributed by atoms with Crippen molar-refractivity contribution in [1.29, 1.82) is 0 Å². The lowest BCUT2D eigenvalue weighted by Crippen LogP contribution is -2.15. The Morgan fingerprint density at radius 1 is 0.264 bits per heavy atom. The van der Waals surface area contributed by atoms with Crippen LogP contribution in [0.5, 0.6) is 0 Å². The Kier molecular flexibility index (Phi) is 6.40. The van der Waals surface area contributed by atoms with Gasteiger partial charge in [0, 0.05) is 5.41 Å². The predicted octanol–water partition coefficient (Wildman–Crippen LogP) is 14.8. The molecule has 0 bridgehead atoms. The number of benzene rings is 10. The third kappa shape index (κ3) is 4.55. The van der Waals surface area contributed by atoms with E-state index in [0.29, 0.717) is 0 Å². The second-order valence-electron chi connectivity index (χ2n) is 15.3. The quantitative estimate of drug-likeness (QED) is 0.164. The van der Waals surface area contributed by atoms with Crippen LogP contribution in [-0.2, 0) is 5.41 Å². The average molecular weight is 673 g/mol. The van der Waals surface area contributed by atoms with Crippen LogP contribution in [-0.4, -0.2) is 0 Å². The highest BCUT2D eigenvalue weighted by Crippen LogP contribution is 2.51. The summed E-state index contributed by atoms with van der Waals surface area (Å²) >= 11 is 0. The number of hydrogen-bond acceptors (Lipinski definition) is 0. The molecule has 53 heavy (non-hydrogen) atoms. The van der Waals surface area contributed by atoms with Crippen LogP contribution in [0.4, 0.5) is 0 Å². The molecule has 0 N–H and O–H groups in total. The molecular weight excluding hydrogens is 637 g/mol. The van der Waals surface area contributed by atoms with Gasteiger partial charge in [-0.25, -0.2) is 0 Å². The SMILES string of the molecule is CC1(C)c2cc(-c3ccc4cc(-c5cc6c7ccccc7ccc6c6ccccc56)ccc4c3)ccc2-c2ccc(-c3cccc4ccccc34)cc21. The zero-order chi connectivity index (χ0) is 35.3. The summed E-state index contributed by atoms with van der Waals surface area (Å²) in [5, 5.41) is 12.9. The smallest absolute Gasteiger partial charge is 0.0159 e. The Hall–Kier alpha value is -6.50. The highest BCUT2D eigenvalue weighted by Gasteiger charge is 2.36. The van der Waals surface area contributed by atoms with Gasteiger partial charge in [0.05, 0.1) is 0 Å². The molecule has 1 aliphatic rings. The third-order valence-electron chi connectivity index (χ3n) is 12.0. The molecule has 0 aliphatic heterocycles. The third-order valence-corrected chi connectivity index (χ3v) is 12.0. The summed E-state index contributed by atoms with van der Waals surface area (Å²) in [5.41, 5.74) is 13.0. The molecule has 0 atom stereocenters. The van der Waals surface area contributed by atoms with Crippen molar-refractivity contribution in [3.8, 4) is 44.5 Å². The van der Waals surface area contributed by atoms with Gasteiger partial charge in [0.1, 0.15) is 0 Å². The first kappa shape index (κ1) is 30.2. The first-order valence-corrected chi connectivity index (χ1v) is 18.7. The van der Waals surface area contributed by atoms with E-state index in [9.17, 15) is 0 Å². The van der Waals surface area contributed by atoms with E-state index < -0.39 is 0 Å². The second-order valence-corrected chi connectivity index (χ2v) is 15.3. The second kappa shape index (κ2) is 11.2.